The molecule has 0 nitrogen and oxygen atoms in total. The van der Waals surface area contributed by atoms with Crippen molar-refractivity contribution in [2.45, 2.75) is 19.6 Å². The minimum absolute atomic E-state index is 0. The second kappa shape index (κ2) is 4.16. The molecule has 0 aliphatic carbocycles. The smallest absolute Gasteiger partial charge is 0.544 e. The van der Waals surface area contributed by atoms with Gasteiger partial charge in [-0.2, -0.15) is 6.66 Å². The van der Waals surface area contributed by atoms with Crippen molar-refractivity contribution in [2.24, 2.45) is 0 Å². The van der Waals surface area contributed by atoms with Crippen LogP contribution in [-0.2, 0) is 0 Å². The molecule has 0 fully saturated rings. The van der Waals surface area contributed by atoms with Crippen LogP contribution in [0.4, 0.5) is 0 Å². The quantitative estimate of drug-likeness (QED) is 0.325. The normalized spacial score (nSPS) is 12.0. The first-order valence-corrected chi connectivity index (χ1v) is 7.85. The summed E-state index contributed by atoms with van der Waals surface area (Å²) in [6.45, 7) is 9.35. The number of hydrogen-bond donors (Lipinski definition) is 0. The first-order valence-electron chi connectivity index (χ1n) is 2.17. The van der Waals surface area contributed by atoms with Gasteiger partial charge in [0.2, 0.25) is 0 Å². The van der Waals surface area contributed by atoms with E-state index in [1.807, 2.05) is 0 Å². The van der Waals surface area contributed by atoms with Gasteiger partial charge in [0.25, 0.3) is 0 Å². The Morgan fingerprint density at radius 3 is 1.29 bits per heavy atom. The molecule has 0 aromatic carbocycles. The van der Waals surface area contributed by atoms with Gasteiger partial charge in [-0.1, -0.05) is 19.6 Å². The predicted molar refractivity (Wildman–Crippen MR) is 36.2 cm³/mol. The van der Waals surface area contributed by atoms with Gasteiger partial charge in [-0.3, -0.25) is 0 Å². The molecule has 0 aliphatic heterocycles. The third kappa shape index (κ3) is 11.1. The molecule has 0 spiro atoms. The SMILES string of the molecule is C[P-][Si](C)(C)C.[Li+]. The van der Waals surface area contributed by atoms with E-state index in [1.165, 1.54) is 0 Å². The first kappa shape index (κ1) is 11.1. The van der Waals surface area contributed by atoms with Gasteiger partial charge in [0.15, 0.2) is 0 Å². The van der Waals surface area contributed by atoms with Crippen LogP contribution in [0.2, 0.25) is 19.6 Å². The van der Waals surface area contributed by atoms with Crippen LogP contribution in [0.25, 0.3) is 0 Å². The van der Waals surface area contributed by atoms with Gasteiger partial charge >= 0.3 is 18.9 Å². The molecule has 38 valence electrons. The van der Waals surface area contributed by atoms with E-state index < -0.39 is 7.74 Å². The molecule has 0 saturated carbocycles. The summed E-state index contributed by atoms with van der Waals surface area (Å²) in [6, 6.07) is 0. The molecular weight excluding hydrogens is 114 g/mol. The van der Waals surface area contributed by atoms with Crippen molar-refractivity contribution in [2.75, 3.05) is 6.66 Å². The van der Waals surface area contributed by atoms with E-state index in [0.717, 1.165) is 0 Å². The van der Waals surface area contributed by atoms with Crippen LogP contribution in [0.3, 0.4) is 0 Å². The minimum Gasteiger partial charge on any atom is -0.544 e. The molecule has 0 unspecified atom stereocenters. The fourth-order valence-electron chi connectivity index (χ4n) is 0. The summed E-state index contributed by atoms with van der Waals surface area (Å²) in [6.07, 6.45) is 0. The van der Waals surface area contributed by atoms with E-state index in [9.17, 15) is 0 Å². The molecule has 0 aromatic rings. The fourth-order valence-corrected chi connectivity index (χ4v) is 0. The number of rotatable bonds is 1. The minimum atomic E-state index is -0.659. The van der Waals surface area contributed by atoms with E-state index in [1.54, 1.807) is 8.13 Å². The van der Waals surface area contributed by atoms with E-state index in [-0.39, 0.29) is 18.9 Å². The standard InChI is InChI=1S/C4H12PSi.Li/c1-5-6(2,3)4;/h1-4H3;/q-1;+1. The average Bonchev–Trinajstić information content (AvgIpc) is 1.35. The molecule has 0 bridgehead atoms. The number of hydrogen-bond acceptors (Lipinski definition) is 0. The molecule has 0 amide bonds. The maximum Gasteiger partial charge on any atom is 1.00 e. The van der Waals surface area contributed by atoms with Gasteiger partial charge < -0.3 is 8.13 Å². The third-order valence-corrected chi connectivity index (χ3v) is 6.04. The monoisotopic (exact) mass is 126 g/mol. The van der Waals surface area contributed by atoms with Gasteiger partial charge in [0.1, 0.15) is 0 Å². The van der Waals surface area contributed by atoms with E-state index >= 15 is 0 Å². The second-order valence-corrected chi connectivity index (χ2v) is 12.5. The summed E-state index contributed by atoms with van der Waals surface area (Å²) < 4.78 is 0. The Bertz CT molecular complexity index is 41.4. The molecule has 0 saturated heterocycles. The largest absolute Gasteiger partial charge is 1.00 e. The van der Waals surface area contributed by atoms with Crippen molar-refractivity contribution in [3.63, 3.8) is 0 Å². The first-order chi connectivity index (χ1) is 2.56. The van der Waals surface area contributed by atoms with Gasteiger partial charge in [-0.05, 0) is 0 Å². The summed E-state index contributed by atoms with van der Waals surface area (Å²) >= 11 is 0. The zero-order valence-corrected chi connectivity index (χ0v) is 7.84. The molecule has 0 atom stereocenters. The summed E-state index contributed by atoms with van der Waals surface area (Å²) in [5.41, 5.74) is 0. The van der Waals surface area contributed by atoms with Crippen LogP contribution >= 0.6 is 8.13 Å². The molecule has 0 N–H and O–H groups in total. The molecule has 0 radical (unpaired) electrons. The van der Waals surface area contributed by atoms with Crippen LogP contribution in [0, 0.1) is 0 Å². The Labute approximate surface area is 61.3 Å². The summed E-state index contributed by atoms with van der Waals surface area (Å²) in [5.74, 6) is 0. The predicted octanol–water partition coefficient (Wildman–Crippen LogP) is -0.599. The molecule has 3 heteroatoms. The van der Waals surface area contributed by atoms with Gasteiger partial charge in [0.05, 0.1) is 0 Å². The van der Waals surface area contributed by atoms with E-state index in [4.69, 9.17) is 0 Å². The Morgan fingerprint density at radius 1 is 1.14 bits per heavy atom. The van der Waals surface area contributed by atoms with Crippen LogP contribution in [0.15, 0.2) is 0 Å². The zero-order valence-electron chi connectivity index (χ0n) is 5.95. The van der Waals surface area contributed by atoms with Crippen molar-refractivity contribution in [1.82, 2.24) is 0 Å². The zero-order chi connectivity index (χ0) is 5.21. The van der Waals surface area contributed by atoms with E-state index in [0.29, 0.717) is 0 Å². The Hall–Kier alpha value is 1.24. The molecule has 0 aromatic heterocycles. The van der Waals surface area contributed by atoms with Crippen LogP contribution in [0.5, 0.6) is 0 Å². The van der Waals surface area contributed by atoms with Crippen molar-refractivity contribution >= 4 is 15.9 Å². The maximum atomic E-state index is 2.37. The van der Waals surface area contributed by atoms with Gasteiger partial charge in [-0.25, -0.2) is 0 Å². The topological polar surface area (TPSA) is 0 Å². The summed E-state index contributed by atoms with van der Waals surface area (Å²) in [4.78, 5) is 0. The third-order valence-electron chi connectivity index (χ3n) is 0.671. The van der Waals surface area contributed by atoms with Gasteiger partial charge in [0, 0.05) is 0 Å². The Kier molecular flexibility index (Phi) is 6.59. The van der Waals surface area contributed by atoms with Crippen LogP contribution in [-0.4, -0.2) is 14.4 Å². The van der Waals surface area contributed by atoms with Gasteiger partial charge in [-0.15, -0.1) is 7.74 Å². The maximum absolute atomic E-state index is 2.37. The molecule has 0 aliphatic rings. The Balaban J connectivity index is 0. The fraction of sp³-hybridized carbons (Fsp3) is 1.00. The van der Waals surface area contributed by atoms with Crippen molar-refractivity contribution in [3.8, 4) is 0 Å². The molecule has 7 heavy (non-hydrogen) atoms. The van der Waals surface area contributed by atoms with E-state index in [2.05, 4.69) is 26.3 Å². The van der Waals surface area contributed by atoms with Crippen LogP contribution < -0.4 is 18.9 Å². The second-order valence-electron chi connectivity index (χ2n) is 2.39. The molecular formula is C4H12LiPSi. The van der Waals surface area contributed by atoms with Crippen LogP contribution in [0.1, 0.15) is 0 Å². The summed E-state index contributed by atoms with van der Waals surface area (Å²) in [5, 5.41) is 0. The molecule has 0 rings (SSSR count). The van der Waals surface area contributed by atoms with Crippen molar-refractivity contribution in [3.05, 3.63) is 0 Å². The average molecular weight is 126 g/mol. The Morgan fingerprint density at radius 2 is 1.29 bits per heavy atom. The molecule has 0 heterocycles. The van der Waals surface area contributed by atoms with Crippen molar-refractivity contribution < 1.29 is 18.9 Å². The van der Waals surface area contributed by atoms with Crippen molar-refractivity contribution in [1.29, 1.82) is 0 Å². The summed E-state index contributed by atoms with van der Waals surface area (Å²) in [7, 11) is 0.954.